The summed E-state index contributed by atoms with van der Waals surface area (Å²) in [7, 11) is 1.65. The van der Waals surface area contributed by atoms with Crippen LogP contribution in [0.1, 0.15) is 34.1 Å². The van der Waals surface area contributed by atoms with E-state index >= 15 is 0 Å². The molecule has 0 N–H and O–H groups in total. The van der Waals surface area contributed by atoms with Crippen LogP contribution >= 0.6 is 11.3 Å². The first-order valence-electron chi connectivity index (χ1n) is 6.47. The van der Waals surface area contributed by atoms with Crippen molar-refractivity contribution in [2.75, 3.05) is 7.11 Å². The van der Waals surface area contributed by atoms with Gasteiger partial charge in [0.1, 0.15) is 5.75 Å². The summed E-state index contributed by atoms with van der Waals surface area (Å²) in [5.41, 5.74) is 2.34. The molecule has 1 aromatic heterocycles. The summed E-state index contributed by atoms with van der Waals surface area (Å²) in [5, 5.41) is 2.00. The third-order valence-electron chi connectivity index (χ3n) is 3.18. The molecule has 2 aromatic rings. The minimum absolute atomic E-state index is 0.252. The van der Waals surface area contributed by atoms with Crippen LogP contribution in [-0.2, 0) is 12.8 Å². The van der Waals surface area contributed by atoms with Crippen molar-refractivity contribution in [2.45, 2.75) is 26.2 Å². The normalized spacial score (nSPS) is 10.4. The largest absolute Gasteiger partial charge is 0.497 e. The van der Waals surface area contributed by atoms with E-state index in [0.29, 0.717) is 6.42 Å². The fraction of sp³-hybridized carbons (Fsp3) is 0.312. The highest BCUT2D eigenvalue weighted by molar-refractivity contribution is 7.12. The van der Waals surface area contributed by atoms with Crippen molar-refractivity contribution in [2.24, 2.45) is 0 Å². The molecule has 100 valence electrons. The van der Waals surface area contributed by atoms with Crippen LogP contribution in [0.5, 0.6) is 5.75 Å². The Hall–Kier alpha value is -1.61. The summed E-state index contributed by atoms with van der Waals surface area (Å²) in [6.45, 7) is 2.09. The number of hydrogen-bond acceptors (Lipinski definition) is 3. The van der Waals surface area contributed by atoms with Gasteiger partial charge in [-0.15, -0.1) is 11.3 Å². The third-order valence-corrected chi connectivity index (χ3v) is 4.18. The number of rotatable bonds is 6. The van der Waals surface area contributed by atoms with Crippen LogP contribution in [0.2, 0.25) is 0 Å². The van der Waals surface area contributed by atoms with Gasteiger partial charge in [-0.2, -0.15) is 0 Å². The maximum atomic E-state index is 12.2. The molecule has 0 radical (unpaired) electrons. The van der Waals surface area contributed by atoms with Gasteiger partial charge in [-0.05, 0) is 47.5 Å². The van der Waals surface area contributed by atoms with Crippen LogP contribution in [0.15, 0.2) is 35.7 Å². The zero-order valence-corrected chi connectivity index (χ0v) is 12.1. The summed E-state index contributed by atoms with van der Waals surface area (Å²) in [6, 6.07) is 9.94. The second kappa shape index (κ2) is 6.53. The minimum atomic E-state index is 0.252. The SMILES string of the molecule is CCc1ccsc1C(=O)CCc1ccc(OC)cc1. The predicted molar refractivity (Wildman–Crippen MR) is 79.3 cm³/mol. The van der Waals surface area contributed by atoms with Crippen LogP contribution in [0, 0.1) is 0 Å². The molecule has 2 rings (SSSR count). The van der Waals surface area contributed by atoms with E-state index in [2.05, 4.69) is 6.92 Å². The molecule has 0 unspecified atom stereocenters. The van der Waals surface area contributed by atoms with Gasteiger partial charge >= 0.3 is 0 Å². The molecule has 0 fully saturated rings. The van der Waals surface area contributed by atoms with Crippen molar-refractivity contribution in [1.29, 1.82) is 0 Å². The van der Waals surface area contributed by atoms with E-state index in [0.717, 1.165) is 23.5 Å². The van der Waals surface area contributed by atoms with Gasteiger partial charge in [-0.3, -0.25) is 4.79 Å². The van der Waals surface area contributed by atoms with E-state index in [1.807, 2.05) is 35.7 Å². The Balaban J connectivity index is 1.96. The van der Waals surface area contributed by atoms with Crippen molar-refractivity contribution in [1.82, 2.24) is 0 Å². The maximum absolute atomic E-state index is 12.2. The molecule has 0 amide bonds. The molecule has 1 aromatic carbocycles. The van der Waals surface area contributed by atoms with Gasteiger partial charge in [-0.25, -0.2) is 0 Å². The van der Waals surface area contributed by atoms with E-state index < -0.39 is 0 Å². The first-order chi connectivity index (χ1) is 9.24. The van der Waals surface area contributed by atoms with Gasteiger partial charge in [0, 0.05) is 6.42 Å². The molecule has 0 saturated heterocycles. The number of hydrogen-bond donors (Lipinski definition) is 0. The van der Waals surface area contributed by atoms with Gasteiger partial charge < -0.3 is 4.74 Å². The average molecular weight is 274 g/mol. The number of thiophene rings is 1. The minimum Gasteiger partial charge on any atom is -0.497 e. The molecule has 0 aliphatic rings. The topological polar surface area (TPSA) is 26.3 Å². The Labute approximate surface area is 118 Å². The van der Waals surface area contributed by atoms with Gasteiger partial charge in [0.15, 0.2) is 5.78 Å². The summed E-state index contributed by atoms with van der Waals surface area (Å²) >= 11 is 1.55. The highest BCUT2D eigenvalue weighted by Crippen LogP contribution is 2.20. The van der Waals surface area contributed by atoms with E-state index in [1.54, 1.807) is 18.4 Å². The lowest BCUT2D eigenvalue weighted by molar-refractivity contribution is 0.0986. The lowest BCUT2D eigenvalue weighted by Crippen LogP contribution is -2.01. The number of methoxy groups -OCH3 is 1. The third kappa shape index (κ3) is 3.44. The molecule has 0 aliphatic carbocycles. The summed E-state index contributed by atoms with van der Waals surface area (Å²) < 4.78 is 5.12. The van der Waals surface area contributed by atoms with Crippen molar-refractivity contribution >= 4 is 17.1 Å². The Morgan fingerprint density at radius 2 is 1.95 bits per heavy atom. The molecule has 0 bridgehead atoms. The second-order valence-electron chi connectivity index (χ2n) is 4.40. The molecule has 0 atom stereocenters. The fourth-order valence-electron chi connectivity index (χ4n) is 2.02. The summed E-state index contributed by atoms with van der Waals surface area (Å²) in [6.07, 6.45) is 2.27. The van der Waals surface area contributed by atoms with Gasteiger partial charge in [-0.1, -0.05) is 19.1 Å². The molecule has 0 spiro atoms. The fourth-order valence-corrected chi connectivity index (χ4v) is 2.99. The van der Waals surface area contributed by atoms with Crippen molar-refractivity contribution < 1.29 is 9.53 Å². The van der Waals surface area contributed by atoms with Crippen LogP contribution in [0.4, 0.5) is 0 Å². The smallest absolute Gasteiger partial charge is 0.173 e. The van der Waals surface area contributed by atoms with Crippen LogP contribution in [0.3, 0.4) is 0 Å². The van der Waals surface area contributed by atoms with E-state index in [4.69, 9.17) is 4.74 Å². The maximum Gasteiger partial charge on any atom is 0.173 e. The molecule has 0 aliphatic heterocycles. The first kappa shape index (κ1) is 13.8. The van der Waals surface area contributed by atoms with E-state index in [-0.39, 0.29) is 5.78 Å². The zero-order valence-electron chi connectivity index (χ0n) is 11.3. The molecule has 3 heteroatoms. The lowest BCUT2D eigenvalue weighted by Gasteiger charge is -2.04. The molecular formula is C16H18O2S. The highest BCUT2D eigenvalue weighted by atomic mass is 32.1. The summed E-state index contributed by atoms with van der Waals surface area (Å²) in [5.74, 6) is 1.10. The standard InChI is InChI=1S/C16H18O2S/c1-3-13-10-11-19-16(13)15(17)9-6-12-4-7-14(18-2)8-5-12/h4-5,7-8,10-11H,3,6,9H2,1-2H3. The van der Waals surface area contributed by atoms with E-state index in [9.17, 15) is 4.79 Å². The van der Waals surface area contributed by atoms with Crippen LogP contribution in [0.25, 0.3) is 0 Å². The predicted octanol–water partition coefficient (Wildman–Crippen LogP) is 4.13. The first-order valence-corrected chi connectivity index (χ1v) is 7.35. The van der Waals surface area contributed by atoms with Gasteiger partial charge in [0.2, 0.25) is 0 Å². The van der Waals surface area contributed by atoms with Gasteiger partial charge in [0.05, 0.1) is 12.0 Å². The van der Waals surface area contributed by atoms with Crippen LogP contribution < -0.4 is 4.74 Å². The number of benzene rings is 1. The molecule has 19 heavy (non-hydrogen) atoms. The van der Waals surface area contributed by atoms with Gasteiger partial charge in [0.25, 0.3) is 0 Å². The Bertz CT molecular complexity index is 540. The van der Waals surface area contributed by atoms with Crippen molar-refractivity contribution in [3.05, 3.63) is 51.7 Å². The molecule has 0 saturated carbocycles. The number of ketones is 1. The molecular weight excluding hydrogens is 256 g/mol. The Kier molecular flexibility index (Phi) is 4.74. The number of ether oxygens (including phenoxy) is 1. The molecule has 1 heterocycles. The zero-order chi connectivity index (χ0) is 13.7. The Morgan fingerprint density at radius 3 is 2.58 bits per heavy atom. The van der Waals surface area contributed by atoms with Crippen molar-refractivity contribution in [3.63, 3.8) is 0 Å². The highest BCUT2D eigenvalue weighted by Gasteiger charge is 2.11. The molecule has 2 nitrogen and oxygen atoms in total. The Morgan fingerprint density at radius 1 is 1.21 bits per heavy atom. The monoisotopic (exact) mass is 274 g/mol. The quantitative estimate of drug-likeness (QED) is 0.740. The number of carbonyl (C=O) groups is 1. The summed E-state index contributed by atoms with van der Waals surface area (Å²) in [4.78, 5) is 13.1. The number of carbonyl (C=O) groups excluding carboxylic acids is 1. The van der Waals surface area contributed by atoms with Crippen molar-refractivity contribution in [3.8, 4) is 5.75 Å². The van der Waals surface area contributed by atoms with E-state index in [1.165, 1.54) is 11.1 Å². The second-order valence-corrected chi connectivity index (χ2v) is 5.32. The lowest BCUT2D eigenvalue weighted by atomic mass is 10.0. The average Bonchev–Trinajstić information content (AvgIpc) is 2.93. The number of Topliss-reactive ketones (excluding diaryl/α,β-unsaturated/α-hetero) is 1. The van der Waals surface area contributed by atoms with Crippen LogP contribution in [-0.4, -0.2) is 12.9 Å². The number of aryl methyl sites for hydroxylation is 2.